The Labute approximate surface area is 125 Å². The number of likely N-dealkylation sites (N-methyl/N-ethyl adjacent to an activating group) is 1. The van der Waals surface area contributed by atoms with E-state index in [4.69, 9.17) is 4.98 Å². The number of aldehydes is 1. The molecule has 0 saturated carbocycles. The van der Waals surface area contributed by atoms with Crippen molar-refractivity contribution in [2.75, 3.05) is 32.1 Å². The Balaban J connectivity index is 2.02. The van der Waals surface area contributed by atoms with Crippen LogP contribution in [0.15, 0.2) is 30.3 Å². The number of carbonyl (C=O) groups is 1. The fourth-order valence-corrected chi connectivity index (χ4v) is 3.26. The molecule has 0 amide bonds. The highest BCUT2D eigenvalue weighted by Gasteiger charge is 2.32. The number of para-hydroxylation sites is 1. The van der Waals surface area contributed by atoms with E-state index in [0.29, 0.717) is 17.5 Å². The van der Waals surface area contributed by atoms with Gasteiger partial charge in [-0.1, -0.05) is 25.1 Å². The van der Waals surface area contributed by atoms with Crippen LogP contribution in [0.2, 0.25) is 0 Å². The number of carbonyl (C=O) groups excluding carboxylic acids is 1. The van der Waals surface area contributed by atoms with E-state index in [1.807, 2.05) is 30.3 Å². The van der Waals surface area contributed by atoms with Crippen molar-refractivity contribution < 1.29 is 4.79 Å². The van der Waals surface area contributed by atoms with E-state index in [1.54, 1.807) is 0 Å². The number of anilines is 1. The molecule has 0 bridgehead atoms. The van der Waals surface area contributed by atoms with Crippen molar-refractivity contribution in [3.63, 3.8) is 0 Å². The summed E-state index contributed by atoms with van der Waals surface area (Å²) in [6, 6.07) is 10.4. The number of benzene rings is 1. The fourth-order valence-electron chi connectivity index (χ4n) is 3.26. The normalized spacial score (nSPS) is 22.2. The molecule has 0 aliphatic carbocycles. The molecule has 21 heavy (non-hydrogen) atoms. The molecule has 1 aromatic carbocycles. The Hall–Kier alpha value is -1.94. The summed E-state index contributed by atoms with van der Waals surface area (Å²) >= 11 is 0. The van der Waals surface area contributed by atoms with Crippen molar-refractivity contribution in [2.45, 2.75) is 13.0 Å². The lowest BCUT2D eigenvalue weighted by Gasteiger charge is -2.23. The van der Waals surface area contributed by atoms with Crippen LogP contribution in [-0.4, -0.2) is 49.4 Å². The van der Waals surface area contributed by atoms with E-state index >= 15 is 0 Å². The maximum atomic E-state index is 11.4. The van der Waals surface area contributed by atoms with Crippen molar-refractivity contribution in [1.29, 1.82) is 0 Å². The average Bonchev–Trinajstić information content (AvgIpc) is 2.88. The number of rotatable bonds is 3. The number of aromatic nitrogens is 1. The zero-order chi connectivity index (χ0) is 15.0. The molecule has 4 heteroatoms. The van der Waals surface area contributed by atoms with Crippen LogP contribution in [0.5, 0.6) is 0 Å². The topological polar surface area (TPSA) is 36.4 Å². The van der Waals surface area contributed by atoms with E-state index in [-0.39, 0.29) is 0 Å². The van der Waals surface area contributed by atoms with Gasteiger partial charge in [0.2, 0.25) is 0 Å². The predicted molar refractivity (Wildman–Crippen MR) is 86.0 cm³/mol. The Morgan fingerprint density at radius 3 is 2.71 bits per heavy atom. The lowest BCUT2D eigenvalue weighted by atomic mass is 10.1. The van der Waals surface area contributed by atoms with Gasteiger partial charge >= 0.3 is 0 Å². The summed E-state index contributed by atoms with van der Waals surface area (Å²) in [5.41, 5.74) is 1.62. The van der Waals surface area contributed by atoms with E-state index in [1.165, 1.54) is 0 Å². The second-order valence-corrected chi connectivity index (χ2v) is 6.12. The Morgan fingerprint density at radius 2 is 2.05 bits per heavy atom. The van der Waals surface area contributed by atoms with Crippen LogP contribution in [0.4, 0.5) is 5.82 Å². The molecule has 1 fully saturated rings. The molecule has 2 aromatic rings. The Bertz CT molecular complexity index is 668. The van der Waals surface area contributed by atoms with Gasteiger partial charge in [-0.15, -0.1) is 0 Å². The fraction of sp³-hybridized carbons (Fsp3) is 0.412. The molecule has 2 atom stereocenters. The quantitative estimate of drug-likeness (QED) is 0.811. The van der Waals surface area contributed by atoms with Gasteiger partial charge in [0.25, 0.3) is 0 Å². The number of hydrogen-bond donors (Lipinski definition) is 0. The van der Waals surface area contributed by atoms with Crippen LogP contribution in [0.1, 0.15) is 17.3 Å². The molecule has 1 saturated heterocycles. The minimum absolute atomic E-state index is 0.498. The van der Waals surface area contributed by atoms with E-state index in [0.717, 1.165) is 36.1 Å². The van der Waals surface area contributed by atoms with Gasteiger partial charge in [-0.05, 0) is 32.1 Å². The van der Waals surface area contributed by atoms with E-state index < -0.39 is 0 Å². The van der Waals surface area contributed by atoms with Crippen LogP contribution >= 0.6 is 0 Å². The van der Waals surface area contributed by atoms with Crippen molar-refractivity contribution in [3.8, 4) is 0 Å². The molecule has 1 aliphatic rings. The van der Waals surface area contributed by atoms with Crippen molar-refractivity contribution in [1.82, 2.24) is 9.88 Å². The van der Waals surface area contributed by atoms with E-state index in [9.17, 15) is 4.79 Å². The van der Waals surface area contributed by atoms with Gasteiger partial charge in [-0.2, -0.15) is 0 Å². The molecule has 2 unspecified atom stereocenters. The lowest BCUT2D eigenvalue weighted by molar-refractivity contribution is 0.112. The summed E-state index contributed by atoms with van der Waals surface area (Å²) in [5, 5.41) is 1.01. The number of nitrogens with zero attached hydrogens (tertiary/aromatic N) is 3. The second-order valence-electron chi connectivity index (χ2n) is 6.12. The first-order chi connectivity index (χ1) is 10.1. The largest absolute Gasteiger partial charge is 0.354 e. The van der Waals surface area contributed by atoms with Crippen LogP contribution in [0.3, 0.4) is 0 Å². The van der Waals surface area contributed by atoms with Crippen LogP contribution < -0.4 is 4.90 Å². The third-order valence-corrected chi connectivity index (χ3v) is 4.39. The summed E-state index contributed by atoms with van der Waals surface area (Å²) in [5.74, 6) is 1.38. The van der Waals surface area contributed by atoms with Crippen LogP contribution in [-0.2, 0) is 0 Å². The molecule has 0 radical (unpaired) electrons. The van der Waals surface area contributed by atoms with Crippen molar-refractivity contribution >= 4 is 23.0 Å². The van der Waals surface area contributed by atoms with Crippen molar-refractivity contribution in [3.05, 3.63) is 35.9 Å². The Kier molecular flexibility index (Phi) is 3.64. The van der Waals surface area contributed by atoms with Gasteiger partial charge in [-0.3, -0.25) is 4.79 Å². The van der Waals surface area contributed by atoms with Crippen LogP contribution in [0, 0.1) is 5.92 Å². The first-order valence-electron chi connectivity index (χ1n) is 7.36. The molecular weight excluding hydrogens is 262 g/mol. The first kappa shape index (κ1) is 14.0. The highest BCUT2D eigenvalue weighted by atomic mass is 16.1. The summed E-state index contributed by atoms with van der Waals surface area (Å²) in [4.78, 5) is 20.7. The molecule has 3 rings (SSSR count). The smallest absolute Gasteiger partial charge is 0.153 e. The molecule has 1 aliphatic heterocycles. The second kappa shape index (κ2) is 5.45. The van der Waals surface area contributed by atoms with Crippen LogP contribution in [0.25, 0.3) is 10.9 Å². The highest BCUT2D eigenvalue weighted by molar-refractivity contribution is 5.91. The van der Waals surface area contributed by atoms with Gasteiger partial charge in [-0.25, -0.2) is 4.98 Å². The zero-order valence-electron chi connectivity index (χ0n) is 12.8. The average molecular weight is 283 g/mol. The number of fused-ring (bicyclic) bond motifs is 1. The summed E-state index contributed by atoms with van der Waals surface area (Å²) in [6.45, 7) is 4.11. The Morgan fingerprint density at radius 1 is 1.29 bits per heavy atom. The zero-order valence-corrected chi connectivity index (χ0v) is 12.8. The maximum absolute atomic E-state index is 11.4. The minimum atomic E-state index is 0.498. The van der Waals surface area contributed by atoms with Gasteiger partial charge in [0.1, 0.15) is 5.82 Å². The maximum Gasteiger partial charge on any atom is 0.153 e. The van der Waals surface area contributed by atoms with Crippen molar-refractivity contribution in [2.24, 2.45) is 5.92 Å². The summed E-state index contributed by atoms with van der Waals surface area (Å²) in [7, 11) is 4.22. The molecule has 110 valence electrons. The third-order valence-electron chi connectivity index (χ3n) is 4.39. The monoisotopic (exact) mass is 283 g/mol. The molecule has 0 N–H and O–H groups in total. The predicted octanol–water partition coefficient (Wildman–Crippen LogP) is 2.43. The van der Waals surface area contributed by atoms with Gasteiger partial charge in [0, 0.05) is 24.5 Å². The molecular formula is C17H21N3O. The minimum Gasteiger partial charge on any atom is -0.354 e. The lowest BCUT2D eigenvalue weighted by Crippen LogP contribution is -2.34. The highest BCUT2D eigenvalue weighted by Crippen LogP contribution is 2.28. The first-order valence-corrected chi connectivity index (χ1v) is 7.36. The molecule has 1 aromatic heterocycles. The number of pyridine rings is 1. The summed E-state index contributed by atoms with van der Waals surface area (Å²) < 4.78 is 0. The van der Waals surface area contributed by atoms with Gasteiger partial charge in [0.05, 0.1) is 11.1 Å². The number of hydrogen-bond acceptors (Lipinski definition) is 4. The third kappa shape index (κ3) is 2.51. The standard InChI is InChI=1S/C17H21N3O/c1-12-9-20(10-16(12)19(2)3)17-14(11-21)8-13-6-4-5-7-15(13)18-17/h4-8,11-12,16H,9-10H2,1-3H3. The SMILES string of the molecule is CC1CN(c2nc3ccccc3cc2C=O)CC1N(C)C. The van der Waals surface area contributed by atoms with Gasteiger partial charge < -0.3 is 9.80 Å². The summed E-state index contributed by atoms with van der Waals surface area (Å²) in [6.07, 6.45) is 0.919. The molecule has 0 spiro atoms. The van der Waals surface area contributed by atoms with E-state index in [2.05, 4.69) is 30.8 Å². The molecule has 4 nitrogen and oxygen atoms in total. The van der Waals surface area contributed by atoms with Gasteiger partial charge in [0.15, 0.2) is 6.29 Å². The molecule has 2 heterocycles.